The van der Waals surface area contributed by atoms with Crippen molar-refractivity contribution in [2.24, 2.45) is 0 Å². The number of aryl methyl sites for hydroxylation is 1. The lowest BCUT2D eigenvalue weighted by atomic mass is 9.77. The van der Waals surface area contributed by atoms with Gasteiger partial charge in [0.05, 0.1) is 0 Å². The van der Waals surface area contributed by atoms with Gasteiger partial charge in [-0.25, -0.2) is 0 Å². The molecule has 1 heterocycles. The van der Waals surface area contributed by atoms with E-state index in [2.05, 4.69) is 91.9 Å². The number of ether oxygens (including phenoxy) is 1. The summed E-state index contributed by atoms with van der Waals surface area (Å²) in [5.41, 5.74) is 7.81. The van der Waals surface area contributed by atoms with Crippen molar-refractivity contribution >= 4 is 0 Å². The van der Waals surface area contributed by atoms with Gasteiger partial charge >= 0.3 is 0 Å². The van der Waals surface area contributed by atoms with Crippen molar-refractivity contribution in [1.29, 1.82) is 0 Å². The van der Waals surface area contributed by atoms with Crippen molar-refractivity contribution in [3.8, 4) is 22.6 Å². The van der Waals surface area contributed by atoms with Gasteiger partial charge in [0.15, 0.2) is 0 Å². The summed E-state index contributed by atoms with van der Waals surface area (Å²) in [4.78, 5) is 0. The van der Waals surface area contributed by atoms with Crippen LogP contribution in [0.15, 0.2) is 97.1 Å². The lowest BCUT2D eigenvalue weighted by molar-refractivity contribution is 0.452. The zero-order valence-electron chi connectivity index (χ0n) is 15.9. The summed E-state index contributed by atoms with van der Waals surface area (Å²) in [5.74, 6) is 2.07. The summed E-state index contributed by atoms with van der Waals surface area (Å²) < 4.78 is 6.25. The third-order valence-corrected chi connectivity index (χ3v) is 5.63. The summed E-state index contributed by atoms with van der Waals surface area (Å²) in [7, 11) is 0. The largest absolute Gasteiger partial charge is 0.457 e. The maximum atomic E-state index is 6.25. The Morgan fingerprint density at radius 2 is 1.25 bits per heavy atom. The van der Waals surface area contributed by atoms with E-state index in [0.29, 0.717) is 0 Å². The highest BCUT2D eigenvalue weighted by molar-refractivity contribution is 5.73. The minimum atomic E-state index is 0.160. The standard InChI is InChI=1S/C27H22O/c1-2-19-13-10-16-21(20-11-4-3-5-12-20)26(19)27-22-14-6-8-17-24(22)28-25-18-9-7-15-23(25)27/h3-18,27H,2H2,1H3. The molecule has 136 valence electrons. The molecule has 0 saturated heterocycles. The van der Waals surface area contributed by atoms with Crippen LogP contribution in [0, 0.1) is 0 Å². The average Bonchev–Trinajstić information content (AvgIpc) is 2.77. The van der Waals surface area contributed by atoms with Crippen LogP contribution < -0.4 is 4.74 Å². The fraction of sp³-hybridized carbons (Fsp3) is 0.111. The van der Waals surface area contributed by atoms with Gasteiger partial charge in [0, 0.05) is 17.0 Å². The highest BCUT2D eigenvalue weighted by atomic mass is 16.5. The van der Waals surface area contributed by atoms with Crippen LogP contribution in [0.2, 0.25) is 0 Å². The molecule has 1 nitrogen and oxygen atoms in total. The van der Waals surface area contributed by atoms with Gasteiger partial charge in [-0.05, 0) is 40.8 Å². The second-order valence-electron chi connectivity index (χ2n) is 7.21. The predicted molar refractivity (Wildman–Crippen MR) is 115 cm³/mol. The number of rotatable bonds is 3. The first-order valence-electron chi connectivity index (χ1n) is 9.89. The van der Waals surface area contributed by atoms with Crippen molar-refractivity contribution in [2.75, 3.05) is 0 Å². The zero-order chi connectivity index (χ0) is 18.9. The zero-order valence-corrected chi connectivity index (χ0v) is 15.9. The number of hydrogen-bond acceptors (Lipinski definition) is 1. The molecule has 0 aromatic heterocycles. The van der Waals surface area contributed by atoms with Gasteiger partial charge < -0.3 is 4.74 Å². The molecule has 4 aromatic rings. The van der Waals surface area contributed by atoms with Crippen molar-refractivity contribution in [2.45, 2.75) is 19.3 Å². The molecular weight excluding hydrogens is 340 g/mol. The van der Waals surface area contributed by atoms with E-state index in [4.69, 9.17) is 4.74 Å². The Hall–Kier alpha value is -3.32. The lowest BCUT2D eigenvalue weighted by Gasteiger charge is -2.31. The number of hydrogen-bond donors (Lipinski definition) is 0. The van der Waals surface area contributed by atoms with Crippen LogP contribution in [0.4, 0.5) is 0 Å². The minimum absolute atomic E-state index is 0.160. The highest BCUT2D eigenvalue weighted by Gasteiger charge is 2.31. The third-order valence-electron chi connectivity index (χ3n) is 5.63. The summed E-state index contributed by atoms with van der Waals surface area (Å²) in [6, 6.07) is 34.3. The minimum Gasteiger partial charge on any atom is -0.457 e. The van der Waals surface area contributed by atoms with E-state index in [1.54, 1.807) is 0 Å². The Bertz CT molecular complexity index is 1080. The Kier molecular flexibility index (Phi) is 4.21. The maximum absolute atomic E-state index is 6.25. The molecular formula is C27H22O. The fourth-order valence-corrected chi connectivity index (χ4v) is 4.35. The Morgan fingerprint density at radius 1 is 0.643 bits per heavy atom. The molecule has 1 aliphatic heterocycles. The third kappa shape index (κ3) is 2.71. The van der Waals surface area contributed by atoms with Crippen molar-refractivity contribution < 1.29 is 4.74 Å². The van der Waals surface area contributed by atoms with E-state index in [-0.39, 0.29) is 5.92 Å². The molecule has 0 saturated carbocycles. The smallest absolute Gasteiger partial charge is 0.131 e. The summed E-state index contributed by atoms with van der Waals surface area (Å²) in [6.07, 6.45) is 0.998. The van der Waals surface area contributed by atoms with Crippen LogP contribution >= 0.6 is 0 Å². The van der Waals surface area contributed by atoms with Gasteiger partial charge in [-0.1, -0.05) is 91.9 Å². The first-order chi connectivity index (χ1) is 13.9. The van der Waals surface area contributed by atoms with E-state index in [9.17, 15) is 0 Å². The summed E-state index contributed by atoms with van der Waals surface area (Å²) in [5, 5.41) is 0. The van der Waals surface area contributed by atoms with E-state index < -0.39 is 0 Å². The van der Waals surface area contributed by atoms with Gasteiger partial charge in [-0.15, -0.1) is 0 Å². The number of para-hydroxylation sites is 2. The second-order valence-corrected chi connectivity index (χ2v) is 7.21. The van der Waals surface area contributed by atoms with Crippen LogP contribution in [0.5, 0.6) is 11.5 Å². The van der Waals surface area contributed by atoms with E-state index >= 15 is 0 Å². The molecule has 5 rings (SSSR count). The predicted octanol–water partition coefficient (Wildman–Crippen LogP) is 7.20. The number of fused-ring (bicyclic) bond motifs is 2. The lowest BCUT2D eigenvalue weighted by Crippen LogP contribution is -2.14. The molecule has 0 atom stereocenters. The Morgan fingerprint density at radius 3 is 1.89 bits per heavy atom. The Labute approximate surface area is 166 Å². The van der Waals surface area contributed by atoms with Crippen LogP contribution in [0.25, 0.3) is 11.1 Å². The van der Waals surface area contributed by atoms with Crippen LogP contribution in [-0.2, 0) is 6.42 Å². The van der Waals surface area contributed by atoms with E-state index in [1.807, 2.05) is 12.1 Å². The van der Waals surface area contributed by atoms with Crippen molar-refractivity contribution in [1.82, 2.24) is 0 Å². The van der Waals surface area contributed by atoms with E-state index in [0.717, 1.165) is 17.9 Å². The Balaban J connectivity index is 1.83. The molecule has 0 spiro atoms. The van der Waals surface area contributed by atoms with Crippen molar-refractivity contribution in [3.05, 3.63) is 119 Å². The molecule has 1 heteroatoms. The van der Waals surface area contributed by atoms with Gasteiger partial charge in [-0.2, -0.15) is 0 Å². The molecule has 0 aliphatic carbocycles. The SMILES string of the molecule is CCc1cccc(-c2ccccc2)c1C1c2ccccc2Oc2ccccc21. The molecule has 0 unspecified atom stereocenters. The van der Waals surface area contributed by atoms with Gasteiger partial charge in [-0.3, -0.25) is 0 Å². The first-order valence-corrected chi connectivity index (χ1v) is 9.89. The molecule has 28 heavy (non-hydrogen) atoms. The van der Waals surface area contributed by atoms with Crippen LogP contribution in [-0.4, -0.2) is 0 Å². The molecule has 4 aromatic carbocycles. The fourth-order valence-electron chi connectivity index (χ4n) is 4.35. The van der Waals surface area contributed by atoms with Gasteiger partial charge in [0.25, 0.3) is 0 Å². The molecule has 0 amide bonds. The number of benzene rings is 4. The molecule has 1 aliphatic rings. The monoisotopic (exact) mass is 362 g/mol. The van der Waals surface area contributed by atoms with Crippen LogP contribution in [0.3, 0.4) is 0 Å². The quantitative estimate of drug-likeness (QED) is 0.330. The van der Waals surface area contributed by atoms with Gasteiger partial charge in [0.1, 0.15) is 11.5 Å². The first kappa shape index (κ1) is 16.8. The molecule has 0 fully saturated rings. The molecule has 0 radical (unpaired) electrons. The normalized spacial score (nSPS) is 12.8. The molecule has 0 bridgehead atoms. The summed E-state index contributed by atoms with van der Waals surface area (Å²) >= 11 is 0. The topological polar surface area (TPSA) is 9.23 Å². The van der Waals surface area contributed by atoms with Crippen LogP contribution in [0.1, 0.15) is 35.1 Å². The van der Waals surface area contributed by atoms with Gasteiger partial charge in [0.2, 0.25) is 0 Å². The maximum Gasteiger partial charge on any atom is 0.131 e. The van der Waals surface area contributed by atoms with Crippen molar-refractivity contribution in [3.63, 3.8) is 0 Å². The van der Waals surface area contributed by atoms with E-state index in [1.165, 1.54) is 33.4 Å². The highest BCUT2D eigenvalue weighted by Crippen LogP contribution is 2.50. The second kappa shape index (κ2) is 7.01. The molecule has 0 N–H and O–H groups in total. The average molecular weight is 362 g/mol. The summed E-state index contributed by atoms with van der Waals surface area (Å²) in [6.45, 7) is 2.24.